The first-order valence-corrected chi connectivity index (χ1v) is 28.2. The number of para-hydroxylation sites is 2. The number of hydrogen-bond donors (Lipinski definition) is 0. The van der Waals surface area contributed by atoms with E-state index in [1.807, 2.05) is 79.9 Å². The Morgan fingerprint density at radius 1 is 0.545 bits per heavy atom. The van der Waals surface area contributed by atoms with Gasteiger partial charge in [-0.25, -0.2) is 4.98 Å². The fourth-order valence-corrected chi connectivity index (χ4v) is 11.1. The quantitative estimate of drug-likeness (QED) is 0.113. The Labute approximate surface area is 591 Å². The van der Waals surface area contributed by atoms with Gasteiger partial charge in [0.25, 0.3) is 6.33 Å². The van der Waals surface area contributed by atoms with Gasteiger partial charge in [0.15, 0.2) is 0 Å². The molecule has 0 fully saturated rings. The van der Waals surface area contributed by atoms with E-state index in [2.05, 4.69) is 39.2 Å². The topological polar surface area (TPSA) is 48.8 Å². The van der Waals surface area contributed by atoms with Crippen LogP contribution in [0.5, 0.6) is 11.5 Å². The van der Waals surface area contributed by atoms with E-state index in [-0.39, 0.29) is 60.5 Å². The first-order chi connectivity index (χ1) is 56.6. The molecular weight excluding hydrogens is 1250 g/mol. The largest absolute Gasteiger partial charge is 0.522 e. The van der Waals surface area contributed by atoms with Crippen molar-refractivity contribution in [1.29, 1.82) is 0 Å². The van der Waals surface area contributed by atoms with E-state index in [1.54, 1.807) is 57.3 Å². The van der Waals surface area contributed by atoms with Crippen molar-refractivity contribution >= 4 is 32.8 Å². The summed E-state index contributed by atoms with van der Waals surface area (Å²) >= 11 is 0. The predicted molar refractivity (Wildman–Crippen MR) is 361 cm³/mol. The molecule has 88 heavy (non-hydrogen) atoms. The summed E-state index contributed by atoms with van der Waals surface area (Å²) in [5.74, 6) is 0.316. The van der Waals surface area contributed by atoms with Gasteiger partial charge < -0.3 is 9.30 Å². The second kappa shape index (κ2) is 21.4. The van der Waals surface area contributed by atoms with Crippen LogP contribution >= 0.6 is 0 Å². The van der Waals surface area contributed by atoms with E-state index in [1.165, 1.54) is 16.7 Å². The molecule has 0 unspecified atom stereocenters. The number of nitrogens with zero attached hydrogens (tertiary/aromatic N) is 5. The second-order valence-electron chi connectivity index (χ2n) is 25.4. The number of hydrogen-bond acceptors (Lipinski definition) is 3. The van der Waals surface area contributed by atoms with Crippen molar-refractivity contribution < 1.29 is 82.5 Å². The molecule has 11 aromatic rings. The third-order valence-corrected chi connectivity index (χ3v) is 15.9. The van der Waals surface area contributed by atoms with Gasteiger partial charge >= 0.3 is 0 Å². The summed E-state index contributed by atoms with van der Waals surface area (Å²) in [6.45, 7) is -19.2. The minimum atomic E-state index is -4.89. The summed E-state index contributed by atoms with van der Waals surface area (Å²) in [6.07, 6.45) is -14.6. The SMILES string of the molecule is [2H]c1c([2H])c2c(c([2H])c1-c1cccc(-c3c([2H])c([2H])c4c(c3[2H])C(C([2H])([2H])[2H])(C([2H])([2H])[2H])C([2H])([2H])C([2H])([2H])C4(C([2H])([2H])[2H])C([2H])([2H])[2H])c1-[n+]1[c-]n(-c3[c-]c(Oc4[c-]c5c(cc4)c4ccccc4n5-c4cc(C(C)(C)C)ccn4)cc(C(C)(C)C)n3)c3cc(-c4ccc(C(C)(C)C)cc4)ccc31)C(C([2H])([2H])[2H])(C([2H])([2H])[2H])C([2H])([2H])C([2H])([2H])C2(C([2H])([2H])[2H])C([2H])([2H])[2H].[Pt]. The van der Waals surface area contributed by atoms with Crippen molar-refractivity contribution in [2.45, 2.75) is 181 Å². The molecule has 0 atom stereocenters. The van der Waals surface area contributed by atoms with Gasteiger partial charge in [0.05, 0.1) is 30.8 Å². The standard InChI is InChI=1S/C81H85N5O.Pt/c1-75(2,3)55-30-25-51(26-31-55)52-29-36-68-70(45-52)84(73-49-58(48-71(83-73)77(7,8)9)87-57-32-33-62-61-21-18-19-24-67(61)86(69(62)47-57)72-46-56(37-42-82-72)76(4,5)6)50-85(68)74-59(53-27-34-63-65(43-53)80(14,15)40-38-78(63,10)11)22-20-23-60(74)54-28-35-64-66(44-54)81(16,17)41-39-79(64,12)13;/h18-37,42-46,48H,38-41H2,1-17H3;/q-2;/i10D3,11D3,12D3,13D3,14D3,15D3,16D3,17D3,27D,28D,34D,35D,38D2,39D2,40D2,41D2,43D,44D;. The zero-order chi connectivity index (χ0) is 93.9. The molecule has 7 aromatic carbocycles. The summed E-state index contributed by atoms with van der Waals surface area (Å²) in [5.41, 5.74) is -29.7. The first kappa shape index (κ1) is 30.4. The van der Waals surface area contributed by atoms with E-state index in [9.17, 15) is 35.6 Å². The van der Waals surface area contributed by atoms with Crippen molar-refractivity contribution in [3.63, 3.8) is 0 Å². The molecule has 0 amide bonds. The zero-order valence-corrected chi connectivity index (χ0v) is 51.8. The Hall–Kier alpha value is -7.40. The Morgan fingerprint density at radius 3 is 1.73 bits per heavy atom. The molecule has 2 aliphatic carbocycles. The van der Waals surface area contributed by atoms with Gasteiger partial charge in [-0.1, -0.05) is 232 Å². The van der Waals surface area contributed by atoms with E-state index < -0.39 is 199 Å². The average Bonchev–Trinajstić information content (AvgIpc) is 0.674. The van der Waals surface area contributed by atoms with Crippen molar-refractivity contribution in [3.05, 3.63) is 215 Å². The first-order valence-electron chi connectivity index (χ1n) is 47.2. The molecule has 7 heteroatoms. The van der Waals surface area contributed by atoms with E-state index in [0.717, 1.165) is 50.2 Å². The Bertz CT molecular complexity index is 6010. The molecule has 13 rings (SSSR count). The molecule has 0 N–H and O–H groups in total. The molecule has 2 aliphatic rings. The minimum Gasteiger partial charge on any atom is -0.522 e. The third-order valence-electron chi connectivity index (χ3n) is 15.9. The van der Waals surface area contributed by atoms with Crippen LogP contribution in [0.25, 0.3) is 83.5 Å². The normalized spacial score (nSPS) is 25.9. The van der Waals surface area contributed by atoms with Crippen LogP contribution in [-0.2, 0) is 59.0 Å². The Balaban J connectivity index is 0.0000144. The molecule has 0 bridgehead atoms. The molecule has 0 saturated carbocycles. The average molecular weight is 1380 g/mol. The summed E-state index contributed by atoms with van der Waals surface area (Å²) < 4.78 is 369. The Morgan fingerprint density at radius 2 is 1.14 bits per heavy atom. The summed E-state index contributed by atoms with van der Waals surface area (Å²) in [6, 6.07) is 27.1. The maximum absolute atomic E-state index is 10.6. The van der Waals surface area contributed by atoms with Gasteiger partial charge in [0.2, 0.25) is 0 Å². The van der Waals surface area contributed by atoms with Gasteiger partial charge in [-0.2, -0.15) is 12.1 Å². The van der Waals surface area contributed by atoms with Gasteiger partial charge in [-0.15, -0.1) is 23.6 Å². The fraction of sp³-hybridized carbons (Fsp3) is 0.346. The molecule has 0 radical (unpaired) electrons. The van der Waals surface area contributed by atoms with Crippen LogP contribution in [0.15, 0.2) is 158 Å². The second-order valence-corrected chi connectivity index (χ2v) is 25.4. The molecular formula is C81H85N5OPt-2. The number of imidazole rings is 1. The molecule has 0 aliphatic heterocycles. The zero-order valence-electron chi connectivity index (χ0n) is 87.5. The van der Waals surface area contributed by atoms with Gasteiger partial charge in [-0.3, -0.25) is 14.1 Å². The molecule has 4 heterocycles. The van der Waals surface area contributed by atoms with Gasteiger partial charge in [-0.05, 0) is 171 Å². The maximum atomic E-state index is 10.6. The van der Waals surface area contributed by atoms with Crippen LogP contribution in [0.2, 0.25) is 0 Å². The minimum absolute atomic E-state index is 0. The number of pyridine rings is 2. The van der Waals surface area contributed by atoms with E-state index in [0.29, 0.717) is 22.5 Å². The van der Waals surface area contributed by atoms with Crippen LogP contribution in [0, 0.1) is 18.5 Å². The van der Waals surface area contributed by atoms with Crippen molar-refractivity contribution in [2.75, 3.05) is 0 Å². The summed E-state index contributed by atoms with van der Waals surface area (Å²) in [7, 11) is 0. The smallest absolute Gasteiger partial charge is 0.269 e. The monoisotopic (exact) mass is 1380 g/mol. The number of fused-ring (bicyclic) bond motifs is 6. The number of rotatable bonds is 8. The number of benzene rings is 7. The summed E-state index contributed by atoms with van der Waals surface area (Å²) in [4.78, 5) is 9.96. The number of aromatic nitrogens is 5. The van der Waals surface area contributed by atoms with Crippen molar-refractivity contribution in [1.82, 2.24) is 19.1 Å². The van der Waals surface area contributed by atoms with Gasteiger partial charge in [0, 0.05) is 82.4 Å². The van der Waals surface area contributed by atoms with Crippen LogP contribution < -0.4 is 9.30 Å². The molecule has 452 valence electrons. The van der Waals surface area contributed by atoms with E-state index in [4.69, 9.17) is 31.2 Å². The maximum Gasteiger partial charge on any atom is 0.269 e. The van der Waals surface area contributed by atoms with Gasteiger partial charge in [0.1, 0.15) is 5.82 Å². The number of ether oxygens (including phenoxy) is 1. The third kappa shape index (κ3) is 10.8. The van der Waals surface area contributed by atoms with Crippen LogP contribution in [0.1, 0.15) is 234 Å². The Kier molecular flexibility index (Phi) is 7.39. The van der Waals surface area contributed by atoms with E-state index >= 15 is 0 Å². The molecule has 4 aromatic heterocycles. The van der Waals surface area contributed by atoms with Crippen LogP contribution in [-0.4, -0.2) is 19.1 Å². The predicted octanol–water partition coefficient (Wildman–Crippen LogP) is 20.6. The molecule has 6 nitrogen and oxygen atoms in total. The fourth-order valence-electron chi connectivity index (χ4n) is 11.1. The van der Waals surface area contributed by atoms with Crippen LogP contribution in [0.4, 0.5) is 0 Å². The molecule has 0 saturated heterocycles. The molecule has 0 spiro atoms. The van der Waals surface area contributed by atoms with Crippen molar-refractivity contribution in [3.8, 4) is 62.2 Å². The van der Waals surface area contributed by atoms with Crippen LogP contribution in [0.3, 0.4) is 0 Å². The van der Waals surface area contributed by atoms with Crippen molar-refractivity contribution in [2.24, 2.45) is 0 Å². The summed E-state index contributed by atoms with van der Waals surface area (Å²) in [5, 5.41) is 1.58.